The number of ether oxygens (including phenoxy) is 3. The van der Waals surface area contributed by atoms with Crippen molar-refractivity contribution in [1.82, 2.24) is 14.8 Å². The number of hydrogen-bond donors (Lipinski definition) is 0. The number of benzene rings is 3. The number of halogens is 2. The van der Waals surface area contributed by atoms with Crippen molar-refractivity contribution in [3.05, 3.63) is 98.6 Å². The molecule has 0 aliphatic carbocycles. The van der Waals surface area contributed by atoms with Crippen LogP contribution >= 0.6 is 23.4 Å². The first-order valence-corrected chi connectivity index (χ1v) is 13.2. The molecular formula is C27H26ClFN4O5S. The van der Waals surface area contributed by atoms with E-state index in [2.05, 4.69) is 10.2 Å². The number of aryl methyl sites for hydroxylation is 1. The Morgan fingerprint density at radius 3 is 2.54 bits per heavy atom. The van der Waals surface area contributed by atoms with Crippen LogP contribution in [0.15, 0.2) is 65.8 Å². The highest BCUT2D eigenvalue weighted by Crippen LogP contribution is 2.43. The predicted octanol–water partition coefficient (Wildman–Crippen LogP) is 6.46. The first-order valence-electron chi connectivity index (χ1n) is 12.0. The lowest BCUT2D eigenvalue weighted by atomic mass is 10.1. The molecule has 0 unspecified atom stereocenters. The molecule has 12 heteroatoms. The molecule has 0 radical (unpaired) electrons. The molecule has 0 aliphatic heterocycles. The zero-order chi connectivity index (χ0) is 27.9. The van der Waals surface area contributed by atoms with Crippen molar-refractivity contribution >= 4 is 23.4 Å². The number of aromatic nitrogens is 3. The van der Waals surface area contributed by atoms with Gasteiger partial charge in [0.2, 0.25) is 6.54 Å². The zero-order valence-electron chi connectivity index (χ0n) is 21.5. The second-order valence-electron chi connectivity index (χ2n) is 8.33. The second-order valence-corrected chi connectivity index (χ2v) is 9.91. The summed E-state index contributed by atoms with van der Waals surface area (Å²) in [4.78, 5) is 11.2. The fourth-order valence-corrected chi connectivity index (χ4v) is 5.31. The van der Waals surface area contributed by atoms with Gasteiger partial charge in [-0.05, 0) is 61.9 Å². The summed E-state index contributed by atoms with van der Waals surface area (Å²) in [6.45, 7) is 3.78. The Balaban J connectivity index is 1.64. The third-order valence-electron chi connectivity index (χ3n) is 5.72. The van der Waals surface area contributed by atoms with Crippen LogP contribution in [0.1, 0.15) is 29.1 Å². The second kappa shape index (κ2) is 12.8. The molecule has 0 amide bonds. The minimum Gasteiger partial charge on any atom is -0.494 e. The smallest absolute Gasteiger partial charge is 0.220 e. The Bertz CT molecular complexity index is 1450. The summed E-state index contributed by atoms with van der Waals surface area (Å²) in [6.07, 6.45) is 0. The number of methoxy groups -OCH3 is 1. The largest absolute Gasteiger partial charge is 0.494 e. The van der Waals surface area contributed by atoms with Gasteiger partial charge in [0.1, 0.15) is 29.2 Å². The number of nitrogens with zero attached hydrogens (tertiary/aromatic N) is 4. The normalized spacial score (nSPS) is 11.7. The summed E-state index contributed by atoms with van der Waals surface area (Å²) in [5.74, 6) is 1.43. The van der Waals surface area contributed by atoms with E-state index in [0.717, 1.165) is 11.4 Å². The van der Waals surface area contributed by atoms with Gasteiger partial charge in [-0.25, -0.2) is 4.39 Å². The number of rotatable bonds is 12. The summed E-state index contributed by atoms with van der Waals surface area (Å²) >= 11 is 7.74. The maximum absolute atomic E-state index is 14.1. The monoisotopic (exact) mass is 572 g/mol. The van der Waals surface area contributed by atoms with Crippen molar-refractivity contribution in [3.63, 3.8) is 0 Å². The van der Waals surface area contributed by atoms with Crippen LogP contribution < -0.4 is 14.2 Å². The van der Waals surface area contributed by atoms with E-state index in [-0.39, 0.29) is 23.1 Å². The molecule has 1 aromatic heterocycles. The van der Waals surface area contributed by atoms with E-state index in [1.54, 1.807) is 37.3 Å². The van der Waals surface area contributed by atoms with Crippen LogP contribution in [0.25, 0.3) is 5.69 Å². The van der Waals surface area contributed by atoms with E-state index in [0.29, 0.717) is 28.7 Å². The fraction of sp³-hybridized carbons (Fsp3) is 0.259. The molecule has 0 aliphatic rings. The quantitative estimate of drug-likeness (QED) is 0.108. The van der Waals surface area contributed by atoms with Crippen molar-refractivity contribution in [3.8, 4) is 22.9 Å². The van der Waals surface area contributed by atoms with Gasteiger partial charge in [0.15, 0.2) is 16.7 Å². The standard InChI is InChI=1S/C27H26ClFN4O5S/c1-4-37-21-11-9-20(10-12-21)33-17(2)30-31-27(33)39-25(15-32(34)35)19-13-22(28)26(24(14-19)36-3)38-16-18-7-5-6-8-23(18)29/h5-14,25H,4,15-16H2,1-3H3/t25-/m0/s1. The van der Waals surface area contributed by atoms with Crippen LogP contribution in [0.2, 0.25) is 5.02 Å². The lowest BCUT2D eigenvalue weighted by Crippen LogP contribution is -2.12. The summed E-state index contributed by atoms with van der Waals surface area (Å²) < 4.78 is 32.7. The van der Waals surface area contributed by atoms with Crippen molar-refractivity contribution in [1.29, 1.82) is 0 Å². The Morgan fingerprint density at radius 2 is 1.87 bits per heavy atom. The van der Waals surface area contributed by atoms with Crippen LogP contribution in [0.3, 0.4) is 0 Å². The van der Waals surface area contributed by atoms with Gasteiger partial charge in [-0.1, -0.05) is 41.6 Å². The third kappa shape index (κ3) is 6.79. The van der Waals surface area contributed by atoms with Gasteiger partial charge in [-0.3, -0.25) is 14.7 Å². The van der Waals surface area contributed by atoms with Gasteiger partial charge in [0, 0.05) is 16.2 Å². The van der Waals surface area contributed by atoms with Crippen molar-refractivity contribution < 1.29 is 23.5 Å². The van der Waals surface area contributed by atoms with Crippen molar-refractivity contribution in [2.24, 2.45) is 0 Å². The molecule has 39 heavy (non-hydrogen) atoms. The minimum atomic E-state index is -0.683. The molecule has 0 bridgehead atoms. The highest BCUT2D eigenvalue weighted by molar-refractivity contribution is 7.99. The first kappa shape index (κ1) is 28.2. The summed E-state index contributed by atoms with van der Waals surface area (Å²) in [6, 6.07) is 16.9. The van der Waals surface area contributed by atoms with Crippen LogP contribution in [0.4, 0.5) is 4.39 Å². The van der Waals surface area contributed by atoms with Crippen LogP contribution in [0.5, 0.6) is 17.2 Å². The molecule has 9 nitrogen and oxygen atoms in total. The van der Waals surface area contributed by atoms with Crippen molar-refractivity contribution in [2.75, 3.05) is 20.3 Å². The SMILES string of the molecule is CCOc1ccc(-n2c(C)nnc2S[C@@H](C[N+](=O)[O-])c2cc(Cl)c(OCc3ccccc3F)c(OC)c2)cc1. The maximum Gasteiger partial charge on any atom is 0.220 e. The Labute approximate surface area is 234 Å². The lowest BCUT2D eigenvalue weighted by molar-refractivity contribution is -0.479. The summed E-state index contributed by atoms with van der Waals surface area (Å²) in [5.41, 5.74) is 1.68. The predicted molar refractivity (Wildman–Crippen MR) is 146 cm³/mol. The Kier molecular flexibility index (Phi) is 9.26. The maximum atomic E-state index is 14.1. The fourth-order valence-electron chi connectivity index (χ4n) is 3.88. The molecule has 1 atom stereocenters. The zero-order valence-corrected chi connectivity index (χ0v) is 23.0. The van der Waals surface area contributed by atoms with E-state index in [1.807, 2.05) is 35.8 Å². The third-order valence-corrected chi connectivity index (χ3v) is 7.18. The average Bonchev–Trinajstić information content (AvgIpc) is 3.28. The molecule has 204 valence electrons. The van der Waals surface area contributed by atoms with E-state index >= 15 is 0 Å². The van der Waals surface area contributed by atoms with E-state index < -0.39 is 22.5 Å². The van der Waals surface area contributed by atoms with Crippen molar-refractivity contribution in [2.45, 2.75) is 30.9 Å². The van der Waals surface area contributed by atoms with Crippen LogP contribution in [-0.2, 0) is 6.61 Å². The highest BCUT2D eigenvalue weighted by atomic mass is 35.5. The van der Waals surface area contributed by atoms with Crippen LogP contribution in [0, 0.1) is 22.9 Å². The summed E-state index contributed by atoms with van der Waals surface area (Å²) in [7, 11) is 1.44. The molecule has 1 heterocycles. The number of hydrogen-bond acceptors (Lipinski definition) is 8. The Hall–Kier alpha value is -3.83. The molecule has 0 spiro atoms. The van der Waals surface area contributed by atoms with E-state index in [1.165, 1.54) is 24.9 Å². The molecule has 0 saturated carbocycles. The molecular weight excluding hydrogens is 547 g/mol. The van der Waals surface area contributed by atoms with E-state index in [9.17, 15) is 14.5 Å². The summed E-state index contributed by atoms with van der Waals surface area (Å²) in [5, 5.41) is 20.1. The molecule has 3 aromatic carbocycles. The molecule has 0 N–H and O–H groups in total. The molecule has 0 saturated heterocycles. The van der Waals surface area contributed by atoms with Gasteiger partial charge in [0.25, 0.3) is 0 Å². The highest BCUT2D eigenvalue weighted by Gasteiger charge is 2.26. The van der Waals surface area contributed by atoms with Crippen LogP contribution in [-0.4, -0.2) is 39.9 Å². The molecule has 4 rings (SSSR count). The average molecular weight is 573 g/mol. The molecule has 0 fully saturated rings. The number of thioether (sulfide) groups is 1. The minimum absolute atomic E-state index is 0.0698. The molecule has 4 aromatic rings. The lowest BCUT2D eigenvalue weighted by Gasteiger charge is -2.18. The van der Waals surface area contributed by atoms with Gasteiger partial charge >= 0.3 is 0 Å². The van der Waals surface area contributed by atoms with Gasteiger partial charge in [0.05, 0.1) is 18.7 Å². The van der Waals surface area contributed by atoms with Gasteiger partial charge < -0.3 is 14.2 Å². The topological polar surface area (TPSA) is 102 Å². The van der Waals surface area contributed by atoms with E-state index in [4.69, 9.17) is 25.8 Å². The first-order chi connectivity index (χ1) is 18.8. The Morgan fingerprint density at radius 1 is 1.13 bits per heavy atom. The van der Waals surface area contributed by atoms with Gasteiger partial charge in [-0.15, -0.1) is 10.2 Å². The van der Waals surface area contributed by atoms with Gasteiger partial charge in [-0.2, -0.15) is 0 Å². The number of nitro groups is 1.